The van der Waals surface area contributed by atoms with Gasteiger partial charge in [-0.1, -0.05) is 25.1 Å². The first-order valence-electron chi connectivity index (χ1n) is 11.7. The van der Waals surface area contributed by atoms with Crippen LogP contribution in [0.15, 0.2) is 42.5 Å². The molecule has 0 saturated carbocycles. The molecule has 1 amide bonds. The van der Waals surface area contributed by atoms with E-state index in [1.54, 1.807) is 0 Å². The van der Waals surface area contributed by atoms with Crippen LogP contribution in [0.5, 0.6) is 0 Å². The highest BCUT2D eigenvalue weighted by Crippen LogP contribution is 2.28. The number of thiocarbonyl (C=S) groups is 1. The Morgan fingerprint density at radius 2 is 1.81 bits per heavy atom. The topological polar surface area (TPSA) is 47.6 Å². The Bertz CT molecular complexity index is 966. The maximum absolute atomic E-state index is 12.2. The molecule has 0 radical (unpaired) electrons. The summed E-state index contributed by atoms with van der Waals surface area (Å²) in [5.74, 6) is 1.03. The van der Waals surface area contributed by atoms with Gasteiger partial charge in [0.15, 0.2) is 5.11 Å². The number of benzene rings is 2. The lowest BCUT2D eigenvalue weighted by Gasteiger charge is -2.32. The number of piperidine rings is 1. The number of carbonyl (C=O) groups is 1. The first kappa shape index (κ1) is 22.6. The van der Waals surface area contributed by atoms with E-state index in [-0.39, 0.29) is 11.9 Å². The fourth-order valence-electron chi connectivity index (χ4n) is 4.57. The summed E-state index contributed by atoms with van der Waals surface area (Å²) in [5, 5.41) is 7.26. The summed E-state index contributed by atoms with van der Waals surface area (Å²) in [6, 6.07) is 15.0. The van der Waals surface area contributed by atoms with E-state index in [1.165, 1.54) is 24.1 Å². The summed E-state index contributed by atoms with van der Waals surface area (Å²) in [6.45, 7) is 9.57. The minimum atomic E-state index is 0.0931. The van der Waals surface area contributed by atoms with Crippen LogP contribution in [0, 0.1) is 12.8 Å². The zero-order valence-corrected chi connectivity index (χ0v) is 20.2. The zero-order valence-electron chi connectivity index (χ0n) is 19.4. The number of anilines is 3. The fourth-order valence-corrected chi connectivity index (χ4v) is 4.86. The maximum atomic E-state index is 12.2. The Balaban J connectivity index is 1.35. The van der Waals surface area contributed by atoms with E-state index < -0.39 is 0 Å². The third-order valence-corrected chi connectivity index (χ3v) is 6.94. The molecule has 5 nitrogen and oxygen atoms in total. The highest BCUT2D eigenvalue weighted by Gasteiger charge is 2.23. The van der Waals surface area contributed by atoms with Gasteiger partial charge in [-0.15, -0.1) is 0 Å². The molecule has 2 aliphatic rings. The van der Waals surface area contributed by atoms with Crippen LogP contribution in [0.2, 0.25) is 0 Å². The number of amides is 1. The Morgan fingerprint density at radius 3 is 2.47 bits per heavy atom. The molecule has 2 fully saturated rings. The van der Waals surface area contributed by atoms with Gasteiger partial charge in [0.25, 0.3) is 0 Å². The van der Waals surface area contributed by atoms with E-state index in [1.807, 2.05) is 30.0 Å². The molecule has 2 saturated heterocycles. The van der Waals surface area contributed by atoms with E-state index in [2.05, 4.69) is 53.6 Å². The second-order valence-corrected chi connectivity index (χ2v) is 9.64. The predicted molar refractivity (Wildman–Crippen MR) is 138 cm³/mol. The van der Waals surface area contributed by atoms with Crippen molar-refractivity contribution in [3.05, 3.63) is 53.6 Å². The van der Waals surface area contributed by atoms with Gasteiger partial charge >= 0.3 is 0 Å². The molecule has 0 bridgehead atoms. The second-order valence-electron chi connectivity index (χ2n) is 9.23. The highest BCUT2D eigenvalue weighted by atomic mass is 32.1. The van der Waals surface area contributed by atoms with Crippen molar-refractivity contribution in [2.24, 2.45) is 5.92 Å². The van der Waals surface area contributed by atoms with Crippen molar-refractivity contribution in [2.75, 3.05) is 34.8 Å². The molecule has 6 heteroatoms. The monoisotopic (exact) mass is 450 g/mol. The third-order valence-electron chi connectivity index (χ3n) is 6.72. The Labute approximate surface area is 197 Å². The van der Waals surface area contributed by atoms with Crippen molar-refractivity contribution in [2.45, 2.75) is 52.5 Å². The molecular weight excluding hydrogens is 416 g/mol. The van der Waals surface area contributed by atoms with Gasteiger partial charge in [0, 0.05) is 43.1 Å². The van der Waals surface area contributed by atoms with Gasteiger partial charge in [0.05, 0.1) is 6.04 Å². The summed E-state index contributed by atoms with van der Waals surface area (Å²) in [4.78, 5) is 16.5. The molecule has 2 aliphatic heterocycles. The fraction of sp³-hybridized carbons (Fsp3) is 0.462. The smallest absolute Gasteiger partial charge is 0.227 e. The SMILES string of the molecule is Cc1ccc(NC(=S)N[C@H](C)c2ccc(N3CCC(C)CC3)cc2)cc1N1CCCC1=O. The molecule has 2 aromatic carbocycles. The molecule has 4 rings (SSSR count). The number of nitrogens with one attached hydrogen (secondary N) is 2. The minimum Gasteiger partial charge on any atom is -0.372 e. The Morgan fingerprint density at radius 1 is 1.09 bits per heavy atom. The first-order chi connectivity index (χ1) is 15.4. The number of aryl methyl sites for hydroxylation is 1. The lowest BCUT2D eigenvalue weighted by molar-refractivity contribution is -0.117. The molecule has 2 heterocycles. The predicted octanol–water partition coefficient (Wildman–Crippen LogP) is 5.41. The van der Waals surface area contributed by atoms with Crippen LogP contribution in [-0.4, -0.2) is 30.7 Å². The molecule has 0 unspecified atom stereocenters. The Hall–Kier alpha value is -2.60. The number of carbonyl (C=O) groups excluding carboxylic acids is 1. The van der Waals surface area contributed by atoms with Crippen molar-refractivity contribution in [3.63, 3.8) is 0 Å². The van der Waals surface area contributed by atoms with Crippen LogP contribution in [0.3, 0.4) is 0 Å². The quantitative estimate of drug-likeness (QED) is 0.597. The second kappa shape index (κ2) is 9.90. The standard InChI is InChI=1S/C26H34N4OS/c1-18-12-15-29(16-13-18)23-10-7-21(8-11-23)20(3)27-26(32)28-22-9-6-19(2)24(17-22)30-14-4-5-25(30)31/h6-11,17-18,20H,4-5,12-16H2,1-3H3,(H2,27,28,32)/t20-/m1/s1. The lowest BCUT2D eigenvalue weighted by atomic mass is 9.98. The molecule has 2 aromatic rings. The minimum absolute atomic E-state index is 0.0931. The summed E-state index contributed by atoms with van der Waals surface area (Å²) < 4.78 is 0. The van der Waals surface area contributed by atoms with Crippen LogP contribution in [0.25, 0.3) is 0 Å². The lowest BCUT2D eigenvalue weighted by Crippen LogP contribution is -2.33. The largest absolute Gasteiger partial charge is 0.372 e. The Kier molecular flexibility index (Phi) is 6.99. The van der Waals surface area contributed by atoms with Gasteiger partial charge in [-0.2, -0.15) is 0 Å². The van der Waals surface area contributed by atoms with Crippen molar-refractivity contribution >= 4 is 40.3 Å². The van der Waals surface area contributed by atoms with Crippen LogP contribution in [0.1, 0.15) is 56.7 Å². The van der Waals surface area contributed by atoms with Crippen LogP contribution >= 0.6 is 12.2 Å². The van der Waals surface area contributed by atoms with Crippen LogP contribution < -0.4 is 20.4 Å². The normalized spacial score (nSPS) is 18.0. The van der Waals surface area contributed by atoms with Crippen LogP contribution in [-0.2, 0) is 4.79 Å². The summed E-state index contributed by atoms with van der Waals surface area (Å²) in [7, 11) is 0. The molecule has 170 valence electrons. The average Bonchev–Trinajstić information content (AvgIpc) is 3.21. The van der Waals surface area contributed by atoms with Crippen molar-refractivity contribution < 1.29 is 4.79 Å². The first-order valence-corrected chi connectivity index (χ1v) is 12.1. The van der Waals surface area contributed by atoms with Gasteiger partial charge in [0.1, 0.15) is 0 Å². The van der Waals surface area contributed by atoms with Crippen molar-refractivity contribution in [1.82, 2.24) is 5.32 Å². The summed E-state index contributed by atoms with van der Waals surface area (Å²) >= 11 is 5.57. The molecule has 0 spiro atoms. The van der Waals surface area contributed by atoms with Crippen molar-refractivity contribution in [3.8, 4) is 0 Å². The molecule has 1 atom stereocenters. The van der Waals surface area contributed by atoms with Gasteiger partial charge in [0.2, 0.25) is 5.91 Å². The van der Waals surface area contributed by atoms with Crippen LogP contribution in [0.4, 0.5) is 17.1 Å². The molecule has 0 aliphatic carbocycles. The third kappa shape index (κ3) is 5.23. The summed E-state index contributed by atoms with van der Waals surface area (Å²) in [6.07, 6.45) is 4.09. The zero-order chi connectivity index (χ0) is 22.7. The number of nitrogens with zero attached hydrogens (tertiary/aromatic N) is 2. The molecule has 0 aromatic heterocycles. The van der Waals surface area contributed by atoms with Gasteiger partial charge in [-0.3, -0.25) is 4.79 Å². The number of rotatable bonds is 5. The van der Waals surface area contributed by atoms with Gasteiger partial charge < -0.3 is 20.4 Å². The summed E-state index contributed by atoms with van der Waals surface area (Å²) in [5.41, 5.74) is 5.47. The van der Waals surface area contributed by atoms with Gasteiger partial charge in [-0.05, 0) is 86.6 Å². The van der Waals surface area contributed by atoms with E-state index in [4.69, 9.17) is 12.2 Å². The van der Waals surface area contributed by atoms with E-state index in [9.17, 15) is 4.79 Å². The molecule has 32 heavy (non-hydrogen) atoms. The van der Waals surface area contributed by atoms with E-state index >= 15 is 0 Å². The van der Waals surface area contributed by atoms with E-state index in [0.717, 1.165) is 48.9 Å². The molecule has 2 N–H and O–H groups in total. The van der Waals surface area contributed by atoms with Gasteiger partial charge in [-0.25, -0.2) is 0 Å². The van der Waals surface area contributed by atoms with E-state index in [0.29, 0.717) is 11.5 Å². The number of hydrogen-bond acceptors (Lipinski definition) is 3. The van der Waals surface area contributed by atoms with Crippen molar-refractivity contribution in [1.29, 1.82) is 0 Å². The average molecular weight is 451 g/mol. The highest BCUT2D eigenvalue weighted by molar-refractivity contribution is 7.80. The molecular formula is C26H34N4OS. The maximum Gasteiger partial charge on any atom is 0.227 e. The number of hydrogen-bond donors (Lipinski definition) is 2.